The van der Waals surface area contributed by atoms with Crippen molar-refractivity contribution in [2.24, 2.45) is 22.5 Å². The molecule has 2 aromatic carbocycles. The van der Waals surface area contributed by atoms with Gasteiger partial charge in [-0.1, -0.05) is 64.1 Å². The minimum atomic E-state index is -0.383. The van der Waals surface area contributed by atoms with Crippen LogP contribution in [0.5, 0.6) is 5.75 Å². The molecule has 2 atom stereocenters. The van der Waals surface area contributed by atoms with Crippen LogP contribution >= 0.6 is 12.4 Å². The van der Waals surface area contributed by atoms with Crippen LogP contribution in [0, 0.1) is 22.2 Å². The predicted octanol–water partition coefficient (Wildman–Crippen LogP) is 5.48. The van der Waals surface area contributed by atoms with Crippen LogP contribution in [0.4, 0.5) is 0 Å². The van der Waals surface area contributed by atoms with E-state index in [0.717, 1.165) is 30.4 Å². The van der Waals surface area contributed by atoms with Gasteiger partial charge in [0.15, 0.2) is 0 Å². The topological polar surface area (TPSA) is 114 Å². The highest BCUT2D eigenvalue weighted by atomic mass is 35.5. The van der Waals surface area contributed by atoms with Crippen molar-refractivity contribution in [2.75, 3.05) is 6.61 Å². The molecule has 8 heteroatoms. The molecule has 2 aromatic rings. The highest BCUT2D eigenvalue weighted by molar-refractivity contribution is 5.95. The van der Waals surface area contributed by atoms with Crippen molar-refractivity contribution in [3.05, 3.63) is 54.1 Å². The first kappa shape index (κ1) is 29.5. The average Bonchev–Trinajstić information content (AvgIpc) is 3.14. The SMILES string of the molecule is CC1(C)CC(OC(=O)C[C@@H]2C[C@@H](COc3ccc(-c4ccc(C(=N)N)cc4)cc3)NC2=O)CC(C)(C)C1.Cl. The summed E-state index contributed by atoms with van der Waals surface area (Å²) >= 11 is 0. The molecule has 0 aromatic heterocycles. The molecular weight excluding hydrogens is 502 g/mol. The third-order valence-electron chi connectivity index (χ3n) is 7.35. The Hall–Kier alpha value is -3.06. The number of halogens is 1. The van der Waals surface area contributed by atoms with Crippen molar-refractivity contribution in [1.82, 2.24) is 5.32 Å². The Labute approximate surface area is 231 Å². The molecule has 1 heterocycles. The fourth-order valence-electron chi connectivity index (χ4n) is 6.16. The summed E-state index contributed by atoms with van der Waals surface area (Å²) in [6.45, 7) is 9.25. The Morgan fingerprint density at radius 2 is 1.55 bits per heavy atom. The van der Waals surface area contributed by atoms with Gasteiger partial charge in [0.2, 0.25) is 5.91 Å². The highest BCUT2D eigenvalue weighted by Gasteiger charge is 2.41. The van der Waals surface area contributed by atoms with Gasteiger partial charge in [-0.25, -0.2) is 0 Å². The van der Waals surface area contributed by atoms with Crippen molar-refractivity contribution in [2.45, 2.75) is 71.9 Å². The number of carbonyl (C=O) groups is 2. The van der Waals surface area contributed by atoms with Crippen molar-refractivity contribution >= 4 is 30.1 Å². The molecule has 1 amide bonds. The summed E-state index contributed by atoms with van der Waals surface area (Å²) < 4.78 is 11.8. The van der Waals surface area contributed by atoms with Crippen LogP contribution in [0.15, 0.2) is 48.5 Å². The largest absolute Gasteiger partial charge is 0.491 e. The number of esters is 1. The fourth-order valence-corrected chi connectivity index (χ4v) is 6.16. The van der Waals surface area contributed by atoms with E-state index in [9.17, 15) is 9.59 Å². The minimum Gasteiger partial charge on any atom is -0.491 e. The van der Waals surface area contributed by atoms with Gasteiger partial charge in [0.05, 0.1) is 18.4 Å². The molecule has 7 nitrogen and oxygen atoms in total. The Morgan fingerprint density at radius 3 is 2.11 bits per heavy atom. The second kappa shape index (κ2) is 11.8. The van der Waals surface area contributed by atoms with E-state index in [-0.39, 0.29) is 65.4 Å². The van der Waals surface area contributed by atoms with Crippen LogP contribution in [-0.2, 0) is 14.3 Å². The van der Waals surface area contributed by atoms with Gasteiger partial charge < -0.3 is 20.5 Å². The van der Waals surface area contributed by atoms with E-state index in [1.54, 1.807) is 0 Å². The molecule has 4 N–H and O–H groups in total. The maximum absolute atomic E-state index is 12.7. The number of carbonyl (C=O) groups excluding carboxylic acids is 2. The van der Waals surface area contributed by atoms with Gasteiger partial charge in [-0.05, 0) is 59.8 Å². The predicted molar refractivity (Wildman–Crippen MR) is 152 cm³/mol. The van der Waals surface area contributed by atoms with E-state index >= 15 is 0 Å². The van der Waals surface area contributed by atoms with Crippen LogP contribution < -0.4 is 15.8 Å². The Morgan fingerprint density at radius 1 is 1.00 bits per heavy atom. The number of ether oxygens (including phenoxy) is 2. The minimum absolute atomic E-state index is 0. The molecule has 0 spiro atoms. The monoisotopic (exact) mass is 541 g/mol. The number of hydrogen-bond donors (Lipinski definition) is 3. The van der Waals surface area contributed by atoms with Gasteiger partial charge in [0, 0.05) is 5.56 Å². The zero-order valence-electron chi connectivity index (χ0n) is 22.7. The summed E-state index contributed by atoms with van der Waals surface area (Å²) in [4.78, 5) is 25.2. The maximum Gasteiger partial charge on any atom is 0.306 e. The van der Waals surface area contributed by atoms with Crippen molar-refractivity contribution in [3.63, 3.8) is 0 Å². The van der Waals surface area contributed by atoms with E-state index in [1.165, 1.54) is 0 Å². The van der Waals surface area contributed by atoms with Gasteiger partial charge in [-0.2, -0.15) is 0 Å². The fraction of sp³-hybridized carbons (Fsp3) is 0.500. The maximum atomic E-state index is 12.7. The van der Waals surface area contributed by atoms with Gasteiger partial charge in [0.25, 0.3) is 0 Å². The van der Waals surface area contributed by atoms with E-state index in [0.29, 0.717) is 24.3 Å². The van der Waals surface area contributed by atoms with E-state index in [2.05, 4.69) is 33.0 Å². The van der Waals surface area contributed by atoms with Crippen molar-refractivity contribution in [3.8, 4) is 16.9 Å². The molecule has 0 bridgehead atoms. The first-order valence-electron chi connectivity index (χ1n) is 13.1. The van der Waals surface area contributed by atoms with E-state index in [1.807, 2.05) is 48.5 Å². The van der Waals surface area contributed by atoms with Gasteiger partial charge in [0.1, 0.15) is 24.3 Å². The van der Waals surface area contributed by atoms with Crippen LogP contribution in [-0.4, -0.2) is 36.5 Å². The third kappa shape index (κ3) is 7.73. The van der Waals surface area contributed by atoms with Gasteiger partial charge in [-0.15, -0.1) is 12.4 Å². The molecule has 0 radical (unpaired) electrons. The summed E-state index contributed by atoms with van der Waals surface area (Å²) in [5.41, 5.74) is 8.54. The quantitative estimate of drug-likeness (QED) is 0.232. The second-order valence-electron chi connectivity index (χ2n) is 12.2. The second-order valence-corrected chi connectivity index (χ2v) is 12.2. The lowest BCUT2D eigenvalue weighted by molar-refractivity contribution is -0.157. The zero-order chi connectivity index (χ0) is 26.8. The summed E-state index contributed by atoms with van der Waals surface area (Å²) in [6, 6.07) is 15.1. The molecule has 206 valence electrons. The first-order chi connectivity index (χ1) is 17.4. The van der Waals surface area contributed by atoms with Gasteiger partial charge >= 0.3 is 5.97 Å². The number of nitrogens with one attached hydrogen (secondary N) is 2. The first-order valence-corrected chi connectivity index (χ1v) is 13.1. The molecule has 1 saturated carbocycles. The normalized spacial score (nSPS) is 22.2. The summed E-state index contributed by atoms with van der Waals surface area (Å²) in [6.07, 6.45) is 3.39. The number of nitrogens with two attached hydrogens (primary N) is 1. The van der Waals surface area contributed by atoms with Crippen molar-refractivity contribution < 1.29 is 19.1 Å². The third-order valence-corrected chi connectivity index (χ3v) is 7.35. The molecule has 38 heavy (non-hydrogen) atoms. The Balaban J connectivity index is 0.00000400. The number of amidine groups is 1. The lowest BCUT2D eigenvalue weighted by atomic mass is 9.64. The molecular formula is C30H40ClN3O4. The highest BCUT2D eigenvalue weighted by Crippen LogP contribution is 2.46. The number of amides is 1. The zero-order valence-corrected chi connectivity index (χ0v) is 23.5. The van der Waals surface area contributed by atoms with Crippen LogP contribution in [0.25, 0.3) is 11.1 Å². The lowest BCUT2D eigenvalue weighted by Crippen LogP contribution is -2.39. The standard InChI is InChI=1S/C30H39N3O4.ClH/c1-29(2)15-25(16-30(3,4)18-29)37-26(34)14-22-13-23(33-28(22)35)17-36-24-11-9-20(10-12-24)19-5-7-21(8-6-19)27(31)32;/h5-12,22-23,25H,13-18H2,1-4H3,(H3,31,32)(H,33,35);1H/t22-,23-;/m0./s1. The van der Waals surface area contributed by atoms with E-state index < -0.39 is 0 Å². The average molecular weight is 542 g/mol. The van der Waals surface area contributed by atoms with Crippen LogP contribution in [0.2, 0.25) is 0 Å². The number of benzene rings is 2. The molecule has 2 aliphatic rings. The summed E-state index contributed by atoms with van der Waals surface area (Å²) in [7, 11) is 0. The number of hydrogen-bond acceptors (Lipinski definition) is 5. The Bertz CT molecular complexity index is 1130. The molecule has 2 fully saturated rings. The number of rotatable bonds is 8. The molecule has 0 unspecified atom stereocenters. The van der Waals surface area contributed by atoms with Crippen LogP contribution in [0.3, 0.4) is 0 Å². The number of nitrogen functional groups attached to an aromatic ring is 1. The molecule has 1 aliphatic heterocycles. The van der Waals surface area contributed by atoms with Gasteiger partial charge in [-0.3, -0.25) is 15.0 Å². The van der Waals surface area contributed by atoms with Crippen LogP contribution in [0.1, 0.15) is 65.4 Å². The lowest BCUT2D eigenvalue weighted by Gasteiger charge is -2.44. The molecule has 4 rings (SSSR count). The summed E-state index contributed by atoms with van der Waals surface area (Å²) in [5, 5.41) is 10.5. The van der Waals surface area contributed by atoms with Crippen molar-refractivity contribution in [1.29, 1.82) is 5.41 Å². The molecule has 1 saturated heterocycles. The summed E-state index contributed by atoms with van der Waals surface area (Å²) in [5.74, 6) is -0.0214. The Kier molecular flexibility index (Phi) is 9.13. The molecule has 1 aliphatic carbocycles. The van der Waals surface area contributed by atoms with E-state index in [4.69, 9.17) is 20.6 Å². The smallest absolute Gasteiger partial charge is 0.306 e.